The second-order valence-electron chi connectivity index (χ2n) is 5.52. The maximum absolute atomic E-state index is 12.6. The summed E-state index contributed by atoms with van der Waals surface area (Å²) < 4.78 is 37.7. The molecule has 0 saturated heterocycles. The molecule has 0 aromatic heterocycles. The van der Waals surface area contributed by atoms with Crippen LogP contribution in [0.15, 0.2) is 18.2 Å². The molecule has 1 aromatic rings. The first-order chi connectivity index (χ1) is 10.7. The number of halogens is 3. The molecule has 1 aliphatic rings. The molecular formula is C14H16F3N3O3. The number of carbonyl (C=O) groups excluding carboxylic acids is 1. The van der Waals surface area contributed by atoms with Gasteiger partial charge in [-0.2, -0.15) is 13.2 Å². The fourth-order valence-electron chi connectivity index (χ4n) is 2.21. The summed E-state index contributed by atoms with van der Waals surface area (Å²) in [6.45, 7) is 2.38. The van der Waals surface area contributed by atoms with E-state index in [-0.39, 0.29) is 30.6 Å². The molecule has 23 heavy (non-hydrogen) atoms. The van der Waals surface area contributed by atoms with Crippen molar-refractivity contribution in [1.29, 1.82) is 0 Å². The third-order valence-corrected chi connectivity index (χ3v) is 3.71. The average Bonchev–Trinajstić information content (AvgIpc) is 3.19. The van der Waals surface area contributed by atoms with Crippen molar-refractivity contribution in [2.45, 2.75) is 19.5 Å². The van der Waals surface area contributed by atoms with Crippen LogP contribution >= 0.6 is 0 Å². The fraction of sp³-hybridized carbons (Fsp3) is 0.500. The number of alkyl halides is 3. The van der Waals surface area contributed by atoms with Crippen molar-refractivity contribution in [3.8, 4) is 0 Å². The maximum Gasteiger partial charge on any atom is 0.416 e. The monoisotopic (exact) mass is 331 g/mol. The van der Waals surface area contributed by atoms with Gasteiger partial charge in [0.2, 0.25) is 5.91 Å². The van der Waals surface area contributed by atoms with Gasteiger partial charge in [0.15, 0.2) is 0 Å². The van der Waals surface area contributed by atoms with E-state index < -0.39 is 22.4 Å². The Labute approximate surface area is 130 Å². The molecule has 1 fully saturated rings. The Morgan fingerprint density at radius 3 is 2.57 bits per heavy atom. The standard InChI is InChI=1S/C14H16F3N3O3/c1-8-6-10(8)13(21)19-5-4-18-11-3-2-9(14(15,16)17)7-12(11)20(22)23/h2-3,7-8,10,18H,4-6H2,1H3,(H,19,21)/t8-,10+/m1/s1. The van der Waals surface area contributed by atoms with Crippen LogP contribution in [0.2, 0.25) is 0 Å². The van der Waals surface area contributed by atoms with Gasteiger partial charge in [-0.25, -0.2) is 0 Å². The zero-order valence-electron chi connectivity index (χ0n) is 12.3. The number of nitrogens with zero attached hydrogens (tertiary/aromatic N) is 1. The lowest BCUT2D eigenvalue weighted by atomic mass is 10.1. The zero-order chi connectivity index (χ0) is 17.2. The maximum atomic E-state index is 12.6. The summed E-state index contributed by atoms with van der Waals surface area (Å²) in [5.41, 5.74) is -1.75. The zero-order valence-corrected chi connectivity index (χ0v) is 12.3. The molecule has 9 heteroatoms. The lowest BCUT2D eigenvalue weighted by molar-refractivity contribution is -0.384. The number of amides is 1. The van der Waals surface area contributed by atoms with E-state index >= 15 is 0 Å². The van der Waals surface area contributed by atoms with Crippen molar-refractivity contribution >= 4 is 17.3 Å². The lowest BCUT2D eigenvalue weighted by Gasteiger charge is -2.11. The van der Waals surface area contributed by atoms with Crippen LogP contribution in [-0.4, -0.2) is 23.9 Å². The van der Waals surface area contributed by atoms with Gasteiger partial charge in [-0.3, -0.25) is 14.9 Å². The Morgan fingerprint density at radius 1 is 1.39 bits per heavy atom. The quantitative estimate of drug-likeness (QED) is 0.477. The van der Waals surface area contributed by atoms with Crippen molar-refractivity contribution in [1.82, 2.24) is 5.32 Å². The van der Waals surface area contributed by atoms with Crippen LogP contribution in [0.3, 0.4) is 0 Å². The molecule has 2 atom stereocenters. The van der Waals surface area contributed by atoms with Gasteiger partial charge in [-0.1, -0.05) is 6.92 Å². The molecule has 0 unspecified atom stereocenters. The largest absolute Gasteiger partial charge is 0.416 e. The Balaban J connectivity index is 1.94. The Morgan fingerprint density at radius 2 is 2.04 bits per heavy atom. The van der Waals surface area contributed by atoms with E-state index in [1.807, 2.05) is 6.92 Å². The van der Waals surface area contributed by atoms with E-state index in [1.54, 1.807) is 0 Å². The van der Waals surface area contributed by atoms with Gasteiger partial charge in [0, 0.05) is 25.1 Å². The van der Waals surface area contributed by atoms with Gasteiger partial charge in [-0.15, -0.1) is 0 Å². The van der Waals surface area contributed by atoms with Crippen LogP contribution in [0, 0.1) is 22.0 Å². The van der Waals surface area contributed by atoms with Crippen molar-refractivity contribution < 1.29 is 22.9 Å². The lowest BCUT2D eigenvalue weighted by Crippen LogP contribution is -2.30. The van der Waals surface area contributed by atoms with Gasteiger partial charge in [0.1, 0.15) is 5.69 Å². The number of hydrogen-bond donors (Lipinski definition) is 2. The van der Waals surface area contributed by atoms with E-state index in [0.717, 1.165) is 18.6 Å². The second kappa shape index (κ2) is 6.43. The van der Waals surface area contributed by atoms with Gasteiger partial charge in [-0.05, 0) is 24.5 Å². The Bertz CT molecular complexity index is 619. The van der Waals surface area contributed by atoms with Crippen LogP contribution in [0.4, 0.5) is 24.5 Å². The number of anilines is 1. The summed E-state index contributed by atoms with van der Waals surface area (Å²) >= 11 is 0. The first-order valence-electron chi connectivity index (χ1n) is 7.07. The predicted molar refractivity (Wildman–Crippen MR) is 76.9 cm³/mol. The van der Waals surface area contributed by atoms with Crippen molar-refractivity contribution in [2.75, 3.05) is 18.4 Å². The molecule has 2 N–H and O–H groups in total. The molecule has 0 radical (unpaired) electrons. The summed E-state index contributed by atoms with van der Waals surface area (Å²) in [6, 6.07) is 2.29. The number of benzene rings is 1. The first-order valence-corrected chi connectivity index (χ1v) is 7.07. The molecule has 1 amide bonds. The predicted octanol–water partition coefficient (Wildman–Crippen LogP) is 2.80. The second-order valence-corrected chi connectivity index (χ2v) is 5.52. The molecule has 6 nitrogen and oxygen atoms in total. The number of nitro groups is 1. The van der Waals surface area contributed by atoms with Crippen LogP contribution in [0.1, 0.15) is 18.9 Å². The summed E-state index contributed by atoms with van der Waals surface area (Å²) in [5.74, 6) is 0.329. The fourth-order valence-corrected chi connectivity index (χ4v) is 2.21. The van der Waals surface area contributed by atoms with Crippen molar-refractivity contribution in [2.24, 2.45) is 11.8 Å². The van der Waals surface area contributed by atoms with Gasteiger partial charge in [0.05, 0.1) is 10.5 Å². The van der Waals surface area contributed by atoms with E-state index in [1.165, 1.54) is 0 Å². The number of nitro benzene ring substituents is 1. The van der Waals surface area contributed by atoms with Gasteiger partial charge in [0.25, 0.3) is 5.69 Å². The van der Waals surface area contributed by atoms with Crippen molar-refractivity contribution in [3.05, 3.63) is 33.9 Å². The van der Waals surface area contributed by atoms with Crippen molar-refractivity contribution in [3.63, 3.8) is 0 Å². The minimum absolute atomic E-state index is 0.0166. The number of hydrogen-bond acceptors (Lipinski definition) is 4. The Hall–Kier alpha value is -2.32. The SMILES string of the molecule is C[C@@H]1C[C@@H]1C(=O)NCCNc1ccc(C(F)(F)F)cc1[N+](=O)[O-]. The molecule has 2 rings (SSSR count). The summed E-state index contributed by atoms with van der Waals surface area (Å²) in [7, 11) is 0. The molecule has 1 aliphatic carbocycles. The third-order valence-electron chi connectivity index (χ3n) is 3.71. The third kappa shape index (κ3) is 4.33. The number of nitrogens with one attached hydrogen (secondary N) is 2. The van der Waals surface area contributed by atoms with Crippen LogP contribution < -0.4 is 10.6 Å². The van der Waals surface area contributed by atoms with E-state index in [9.17, 15) is 28.1 Å². The summed E-state index contributed by atoms with van der Waals surface area (Å²) in [4.78, 5) is 21.6. The minimum atomic E-state index is -4.64. The number of rotatable bonds is 6. The molecule has 0 heterocycles. The highest BCUT2D eigenvalue weighted by molar-refractivity contribution is 5.81. The summed E-state index contributed by atoms with van der Waals surface area (Å²) in [6.07, 6.45) is -3.79. The molecule has 1 saturated carbocycles. The van der Waals surface area contributed by atoms with E-state index in [2.05, 4.69) is 10.6 Å². The highest BCUT2D eigenvalue weighted by Gasteiger charge is 2.38. The van der Waals surface area contributed by atoms with Gasteiger partial charge < -0.3 is 10.6 Å². The Kier molecular flexibility index (Phi) is 4.76. The first kappa shape index (κ1) is 17.0. The highest BCUT2D eigenvalue weighted by atomic mass is 19.4. The molecule has 1 aromatic carbocycles. The van der Waals surface area contributed by atoms with Crippen LogP contribution in [0.5, 0.6) is 0 Å². The normalized spacial score (nSPS) is 20.0. The van der Waals surface area contributed by atoms with E-state index in [0.29, 0.717) is 12.0 Å². The van der Waals surface area contributed by atoms with E-state index in [4.69, 9.17) is 0 Å². The van der Waals surface area contributed by atoms with Crippen LogP contribution in [-0.2, 0) is 11.0 Å². The minimum Gasteiger partial charge on any atom is -0.378 e. The smallest absolute Gasteiger partial charge is 0.378 e. The van der Waals surface area contributed by atoms with Gasteiger partial charge >= 0.3 is 6.18 Å². The summed E-state index contributed by atoms with van der Waals surface area (Å²) in [5, 5.41) is 16.3. The van der Waals surface area contributed by atoms with Crippen LogP contribution in [0.25, 0.3) is 0 Å². The molecule has 0 aliphatic heterocycles. The number of carbonyl (C=O) groups is 1. The molecular weight excluding hydrogens is 315 g/mol. The highest BCUT2D eigenvalue weighted by Crippen LogP contribution is 2.37. The molecule has 0 bridgehead atoms. The molecule has 0 spiro atoms. The molecule has 126 valence electrons. The topological polar surface area (TPSA) is 84.3 Å². The average molecular weight is 331 g/mol.